The third-order valence-corrected chi connectivity index (χ3v) is 4.15. The van der Waals surface area contributed by atoms with Crippen molar-refractivity contribution in [3.05, 3.63) is 54.1 Å². The summed E-state index contributed by atoms with van der Waals surface area (Å²) in [5, 5.41) is 2.91. The normalized spacial score (nSPS) is 12.6. The Morgan fingerprint density at radius 1 is 1.08 bits per heavy atom. The van der Waals surface area contributed by atoms with E-state index in [0.717, 1.165) is 24.5 Å². The Bertz CT molecular complexity index is 700. The number of carbonyl (C=O) groups is 1. The molecule has 2 aromatic carbocycles. The molecule has 0 atom stereocenters. The summed E-state index contributed by atoms with van der Waals surface area (Å²) >= 11 is 0. The van der Waals surface area contributed by atoms with Gasteiger partial charge in [0.2, 0.25) is 5.91 Å². The van der Waals surface area contributed by atoms with Crippen molar-refractivity contribution in [2.24, 2.45) is 0 Å². The first-order valence-electron chi connectivity index (χ1n) is 8.71. The molecule has 1 N–H and O–H groups in total. The van der Waals surface area contributed by atoms with E-state index in [1.807, 2.05) is 43.3 Å². The van der Waals surface area contributed by atoms with Crippen molar-refractivity contribution in [2.75, 3.05) is 37.7 Å². The van der Waals surface area contributed by atoms with Gasteiger partial charge in [-0.05, 0) is 49.2 Å². The lowest BCUT2D eigenvalue weighted by molar-refractivity contribution is -0.119. The zero-order valence-corrected chi connectivity index (χ0v) is 14.5. The summed E-state index contributed by atoms with van der Waals surface area (Å²) in [5.41, 5.74) is 2.48. The quantitative estimate of drug-likeness (QED) is 0.751. The van der Waals surface area contributed by atoms with Crippen molar-refractivity contribution in [1.82, 2.24) is 5.32 Å². The molecule has 1 aliphatic heterocycles. The maximum Gasteiger partial charge on any atom is 0.239 e. The van der Waals surface area contributed by atoms with Gasteiger partial charge in [0, 0.05) is 12.2 Å². The molecule has 0 saturated carbocycles. The molecule has 132 valence electrons. The average molecular weight is 340 g/mol. The summed E-state index contributed by atoms with van der Waals surface area (Å²) in [5.74, 6) is 1.62. The standard InChI is InChI=1S/C20H24N2O3/c1-2-24-17-7-9-18(10-8-17)25-14-12-21-20(23)15-22-13-11-16-5-3-4-6-19(16)22/h3-10H,2,11-15H2,1H3,(H,21,23). The van der Waals surface area contributed by atoms with Crippen LogP contribution in [0.1, 0.15) is 12.5 Å². The SMILES string of the molecule is CCOc1ccc(OCCNC(=O)CN2CCc3ccccc32)cc1. The molecule has 0 bridgehead atoms. The van der Waals surface area contributed by atoms with E-state index in [9.17, 15) is 4.79 Å². The number of fused-ring (bicyclic) bond motifs is 1. The number of carbonyl (C=O) groups excluding carboxylic acids is 1. The van der Waals surface area contributed by atoms with Crippen LogP contribution in [0.25, 0.3) is 0 Å². The molecular formula is C20H24N2O3. The molecule has 1 heterocycles. The molecule has 1 aliphatic rings. The molecule has 2 aromatic rings. The zero-order valence-electron chi connectivity index (χ0n) is 14.5. The Balaban J connectivity index is 1.37. The Morgan fingerprint density at radius 3 is 2.56 bits per heavy atom. The van der Waals surface area contributed by atoms with Crippen LogP contribution in [0.15, 0.2) is 48.5 Å². The van der Waals surface area contributed by atoms with Gasteiger partial charge in [-0.1, -0.05) is 18.2 Å². The molecule has 0 spiro atoms. The lowest BCUT2D eigenvalue weighted by Gasteiger charge is -2.18. The van der Waals surface area contributed by atoms with Gasteiger partial charge < -0.3 is 19.7 Å². The first kappa shape index (κ1) is 17.1. The fourth-order valence-electron chi connectivity index (χ4n) is 2.96. The van der Waals surface area contributed by atoms with E-state index < -0.39 is 0 Å². The second-order valence-electron chi connectivity index (χ2n) is 5.90. The molecule has 0 saturated heterocycles. The van der Waals surface area contributed by atoms with Crippen molar-refractivity contribution in [1.29, 1.82) is 0 Å². The highest BCUT2D eigenvalue weighted by Crippen LogP contribution is 2.26. The van der Waals surface area contributed by atoms with E-state index in [-0.39, 0.29) is 5.91 Å². The molecule has 0 fully saturated rings. The maximum absolute atomic E-state index is 12.1. The second kappa shape index (κ2) is 8.42. The highest BCUT2D eigenvalue weighted by molar-refractivity contribution is 5.82. The van der Waals surface area contributed by atoms with Crippen molar-refractivity contribution in [3.63, 3.8) is 0 Å². The number of rotatable bonds is 8. The van der Waals surface area contributed by atoms with Gasteiger partial charge >= 0.3 is 0 Å². The zero-order chi connectivity index (χ0) is 17.5. The van der Waals surface area contributed by atoms with Crippen LogP contribution < -0.4 is 19.7 Å². The highest BCUT2D eigenvalue weighted by atomic mass is 16.5. The largest absolute Gasteiger partial charge is 0.494 e. The summed E-state index contributed by atoms with van der Waals surface area (Å²) < 4.78 is 11.0. The fourth-order valence-corrected chi connectivity index (χ4v) is 2.96. The van der Waals surface area contributed by atoms with Crippen LogP contribution in [0.4, 0.5) is 5.69 Å². The smallest absolute Gasteiger partial charge is 0.239 e. The fraction of sp³-hybridized carbons (Fsp3) is 0.350. The predicted octanol–water partition coefficient (Wildman–Crippen LogP) is 2.64. The van der Waals surface area contributed by atoms with Crippen molar-refractivity contribution in [3.8, 4) is 11.5 Å². The van der Waals surface area contributed by atoms with Gasteiger partial charge in [-0.2, -0.15) is 0 Å². The van der Waals surface area contributed by atoms with Gasteiger partial charge in [0.1, 0.15) is 18.1 Å². The number of hydrogen-bond acceptors (Lipinski definition) is 4. The Labute approximate surface area is 148 Å². The number of hydrogen-bond donors (Lipinski definition) is 1. The Hall–Kier alpha value is -2.69. The molecule has 5 nitrogen and oxygen atoms in total. The molecule has 0 aromatic heterocycles. The van der Waals surface area contributed by atoms with Crippen molar-refractivity contribution in [2.45, 2.75) is 13.3 Å². The Kier molecular flexibility index (Phi) is 5.77. The third-order valence-electron chi connectivity index (χ3n) is 4.15. The van der Waals surface area contributed by atoms with Gasteiger partial charge in [-0.15, -0.1) is 0 Å². The number of para-hydroxylation sites is 1. The molecule has 5 heteroatoms. The summed E-state index contributed by atoms with van der Waals surface area (Å²) in [4.78, 5) is 14.2. The monoisotopic (exact) mass is 340 g/mol. The van der Waals surface area contributed by atoms with E-state index in [0.29, 0.717) is 26.3 Å². The molecule has 1 amide bonds. The minimum absolute atomic E-state index is 0.0204. The van der Waals surface area contributed by atoms with Crippen LogP contribution in [-0.2, 0) is 11.2 Å². The second-order valence-corrected chi connectivity index (χ2v) is 5.90. The first-order valence-corrected chi connectivity index (χ1v) is 8.71. The number of anilines is 1. The lowest BCUT2D eigenvalue weighted by Crippen LogP contribution is -2.38. The molecule has 0 radical (unpaired) electrons. The van der Waals surface area contributed by atoms with Gasteiger partial charge in [0.15, 0.2) is 0 Å². The van der Waals surface area contributed by atoms with Gasteiger partial charge in [-0.3, -0.25) is 4.79 Å². The first-order chi connectivity index (χ1) is 12.3. The van der Waals surface area contributed by atoms with Crippen LogP contribution in [-0.4, -0.2) is 38.8 Å². The number of benzene rings is 2. The molecular weight excluding hydrogens is 316 g/mol. The maximum atomic E-state index is 12.1. The van der Waals surface area contributed by atoms with Crippen LogP contribution in [0.3, 0.4) is 0 Å². The topological polar surface area (TPSA) is 50.8 Å². The van der Waals surface area contributed by atoms with E-state index >= 15 is 0 Å². The summed E-state index contributed by atoms with van der Waals surface area (Å²) in [6, 6.07) is 15.7. The van der Waals surface area contributed by atoms with Crippen molar-refractivity contribution < 1.29 is 14.3 Å². The van der Waals surface area contributed by atoms with E-state index in [2.05, 4.69) is 22.3 Å². The predicted molar refractivity (Wildman–Crippen MR) is 98.5 cm³/mol. The van der Waals surface area contributed by atoms with Gasteiger partial charge in [0.25, 0.3) is 0 Å². The van der Waals surface area contributed by atoms with Crippen LogP contribution in [0.5, 0.6) is 11.5 Å². The van der Waals surface area contributed by atoms with Gasteiger partial charge in [0.05, 0.1) is 19.7 Å². The average Bonchev–Trinajstić information content (AvgIpc) is 3.03. The summed E-state index contributed by atoms with van der Waals surface area (Å²) in [6.07, 6.45) is 1.00. The number of amides is 1. The number of ether oxygens (including phenoxy) is 2. The van der Waals surface area contributed by atoms with Crippen LogP contribution in [0.2, 0.25) is 0 Å². The lowest BCUT2D eigenvalue weighted by atomic mass is 10.2. The van der Waals surface area contributed by atoms with E-state index in [1.54, 1.807) is 0 Å². The molecule has 3 rings (SSSR count). The number of nitrogens with zero attached hydrogens (tertiary/aromatic N) is 1. The third kappa shape index (κ3) is 4.66. The Morgan fingerprint density at radius 2 is 1.80 bits per heavy atom. The molecule has 0 aliphatic carbocycles. The van der Waals surface area contributed by atoms with E-state index in [1.165, 1.54) is 11.3 Å². The van der Waals surface area contributed by atoms with Gasteiger partial charge in [-0.25, -0.2) is 0 Å². The number of nitrogens with one attached hydrogen (secondary N) is 1. The van der Waals surface area contributed by atoms with E-state index in [4.69, 9.17) is 9.47 Å². The molecule has 25 heavy (non-hydrogen) atoms. The minimum atomic E-state index is 0.0204. The summed E-state index contributed by atoms with van der Waals surface area (Å²) in [6.45, 7) is 4.81. The minimum Gasteiger partial charge on any atom is -0.494 e. The summed E-state index contributed by atoms with van der Waals surface area (Å²) in [7, 11) is 0. The highest BCUT2D eigenvalue weighted by Gasteiger charge is 2.20. The van der Waals surface area contributed by atoms with Crippen molar-refractivity contribution >= 4 is 11.6 Å². The van der Waals surface area contributed by atoms with Crippen LogP contribution in [0, 0.1) is 0 Å². The van der Waals surface area contributed by atoms with Crippen LogP contribution >= 0.6 is 0 Å². The molecule has 0 unspecified atom stereocenters.